The molecule has 7 heteroatoms. The highest BCUT2D eigenvalue weighted by Gasteiger charge is 1.99. The summed E-state index contributed by atoms with van der Waals surface area (Å²) in [6.45, 7) is 0. The largest absolute Gasteiger partial charge is 0.351 e. The number of nitrogens with two attached hydrogens (primary N) is 2. The minimum absolute atomic E-state index is 0.299. The van der Waals surface area contributed by atoms with Crippen LogP contribution in [0.3, 0.4) is 0 Å². The van der Waals surface area contributed by atoms with Gasteiger partial charge < -0.3 is 16.8 Å². The molecule has 0 aliphatic heterocycles. The van der Waals surface area contributed by atoms with Gasteiger partial charge >= 0.3 is 12.1 Å². The molecule has 0 unspecified atom stereocenters. The molecule has 0 fully saturated rings. The van der Waals surface area contributed by atoms with E-state index in [4.69, 9.17) is 11.5 Å². The van der Waals surface area contributed by atoms with Gasteiger partial charge in [-0.3, -0.25) is 5.32 Å². The van der Waals surface area contributed by atoms with Crippen molar-refractivity contribution >= 4 is 23.6 Å². The van der Waals surface area contributed by atoms with Crippen molar-refractivity contribution in [3.05, 3.63) is 18.3 Å². The number of carbonyl (C=O) groups is 2. The van der Waals surface area contributed by atoms with E-state index in [0.29, 0.717) is 11.5 Å². The Morgan fingerprint density at radius 3 is 2.21 bits per heavy atom. The predicted molar refractivity (Wildman–Crippen MR) is 50.6 cm³/mol. The van der Waals surface area contributed by atoms with Gasteiger partial charge in [0.1, 0.15) is 5.82 Å². The van der Waals surface area contributed by atoms with Crippen LogP contribution in [0.1, 0.15) is 0 Å². The lowest BCUT2D eigenvalue weighted by molar-refractivity contribution is 0.258. The van der Waals surface area contributed by atoms with Crippen LogP contribution >= 0.6 is 0 Å². The van der Waals surface area contributed by atoms with E-state index in [1.54, 1.807) is 0 Å². The summed E-state index contributed by atoms with van der Waals surface area (Å²) < 4.78 is 0. The summed E-state index contributed by atoms with van der Waals surface area (Å²) >= 11 is 0. The van der Waals surface area contributed by atoms with Crippen molar-refractivity contribution in [1.29, 1.82) is 0 Å². The maximum atomic E-state index is 10.4. The lowest BCUT2D eigenvalue weighted by atomic mass is 10.4. The highest BCUT2D eigenvalue weighted by Crippen LogP contribution is 2.08. The molecule has 1 rings (SSSR count). The molecule has 1 aromatic heterocycles. The zero-order chi connectivity index (χ0) is 10.6. The first-order valence-electron chi connectivity index (χ1n) is 3.67. The molecule has 14 heavy (non-hydrogen) atoms. The normalized spacial score (nSPS) is 9.14. The van der Waals surface area contributed by atoms with Crippen molar-refractivity contribution in [3.8, 4) is 0 Å². The number of aromatic nitrogens is 1. The van der Waals surface area contributed by atoms with E-state index in [0.717, 1.165) is 0 Å². The predicted octanol–water partition coefficient (Wildman–Crippen LogP) is 0.0628. The molecule has 0 aromatic carbocycles. The highest BCUT2D eigenvalue weighted by molar-refractivity contribution is 5.89. The van der Waals surface area contributed by atoms with E-state index in [1.807, 2.05) is 0 Å². The number of urea groups is 2. The van der Waals surface area contributed by atoms with E-state index in [2.05, 4.69) is 15.6 Å². The fraction of sp³-hybridized carbons (Fsp3) is 0. The number of nitrogens with zero attached hydrogens (tertiary/aromatic N) is 1. The Morgan fingerprint density at radius 2 is 1.79 bits per heavy atom. The average Bonchev–Trinajstić information content (AvgIpc) is 2.06. The van der Waals surface area contributed by atoms with Crippen LogP contribution in [0.15, 0.2) is 18.3 Å². The Morgan fingerprint density at radius 1 is 1.14 bits per heavy atom. The summed E-state index contributed by atoms with van der Waals surface area (Å²) in [5.41, 5.74) is 10.2. The second-order valence-electron chi connectivity index (χ2n) is 2.41. The second-order valence-corrected chi connectivity index (χ2v) is 2.41. The van der Waals surface area contributed by atoms with Crippen molar-refractivity contribution in [2.75, 3.05) is 10.6 Å². The number of hydrogen-bond donors (Lipinski definition) is 4. The fourth-order valence-corrected chi connectivity index (χ4v) is 0.810. The number of pyridine rings is 1. The number of hydrogen-bond acceptors (Lipinski definition) is 3. The number of anilines is 2. The summed E-state index contributed by atoms with van der Waals surface area (Å²) in [7, 11) is 0. The molecule has 7 nitrogen and oxygen atoms in total. The van der Waals surface area contributed by atoms with E-state index in [-0.39, 0.29) is 0 Å². The van der Waals surface area contributed by atoms with Gasteiger partial charge in [0, 0.05) is 0 Å². The first-order valence-corrected chi connectivity index (χ1v) is 3.67. The minimum Gasteiger partial charge on any atom is -0.351 e. The molecular weight excluding hydrogens is 186 g/mol. The SMILES string of the molecule is NC(=O)Nc1ccc(NC(N)=O)nc1. The molecule has 0 saturated carbocycles. The van der Waals surface area contributed by atoms with Crippen LogP contribution in [0.2, 0.25) is 0 Å². The standard InChI is InChI=1S/C7H9N5O2/c8-6(13)11-4-1-2-5(10-3-4)12-7(9)14/h1-3H,(H3,8,11,13)(H3,9,10,12,14). The molecule has 1 aromatic rings. The molecule has 74 valence electrons. The summed E-state index contributed by atoms with van der Waals surface area (Å²) in [5.74, 6) is 0.299. The van der Waals surface area contributed by atoms with Crippen LogP contribution in [0, 0.1) is 0 Å². The van der Waals surface area contributed by atoms with Crippen molar-refractivity contribution in [3.63, 3.8) is 0 Å². The molecule has 0 saturated heterocycles. The van der Waals surface area contributed by atoms with E-state index in [1.165, 1.54) is 18.3 Å². The number of carbonyl (C=O) groups excluding carboxylic acids is 2. The van der Waals surface area contributed by atoms with E-state index < -0.39 is 12.1 Å². The molecule has 4 amide bonds. The van der Waals surface area contributed by atoms with Gasteiger partial charge in [-0.05, 0) is 12.1 Å². The van der Waals surface area contributed by atoms with E-state index in [9.17, 15) is 9.59 Å². The average molecular weight is 195 g/mol. The smallest absolute Gasteiger partial charge is 0.317 e. The van der Waals surface area contributed by atoms with Crippen molar-refractivity contribution < 1.29 is 9.59 Å². The van der Waals surface area contributed by atoms with Crippen LogP contribution in [0.4, 0.5) is 21.1 Å². The first-order chi connectivity index (χ1) is 6.58. The molecule has 0 aliphatic rings. The fourth-order valence-electron chi connectivity index (χ4n) is 0.810. The molecule has 0 atom stereocenters. The van der Waals surface area contributed by atoms with Gasteiger partial charge in [0.2, 0.25) is 0 Å². The quantitative estimate of drug-likeness (QED) is 0.533. The summed E-state index contributed by atoms with van der Waals surface area (Å²) in [4.78, 5) is 24.6. The van der Waals surface area contributed by atoms with Gasteiger partial charge in [0.25, 0.3) is 0 Å². The molecule has 1 heterocycles. The number of nitrogens with one attached hydrogen (secondary N) is 2. The van der Waals surface area contributed by atoms with E-state index >= 15 is 0 Å². The molecule has 0 aliphatic carbocycles. The van der Waals surface area contributed by atoms with Crippen LogP contribution in [-0.4, -0.2) is 17.0 Å². The van der Waals surface area contributed by atoms with Crippen LogP contribution in [0.25, 0.3) is 0 Å². The van der Waals surface area contributed by atoms with Crippen molar-refractivity contribution in [2.45, 2.75) is 0 Å². The second kappa shape index (κ2) is 4.08. The Kier molecular flexibility index (Phi) is 2.85. The van der Waals surface area contributed by atoms with Crippen LogP contribution in [0.5, 0.6) is 0 Å². The lowest BCUT2D eigenvalue weighted by Crippen LogP contribution is -2.21. The minimum atomic E-state index is -0.701. The van der Waals surface area contributed by atoms with Gasteiger partial charge in [0.15, 0.2) is 0 Å². The monoisotopic (exact) mass is 195 g/mol. The number of amides is 4. The lowest BCUT2D eigenvalue weighted by Gasteiger charge is -2.02. The van der Waals surface area contributed by atoms with Gasteiger partial charge in [-0.2, -0.15) is 0 Å². The highest BCUT2D eigenvalue weighted by atomic mass is 16.2. The summed E-state index contributed by atoms with van der Waals surface area (Å²) in [6.07, 6.45) is 1.34. The van der Waals surface area contributed by atoms with Crippen molar-refractivity contribution in [2.24, 2.45) is 11.5 Å². The Bertz CT molecular complexity index is 313. The molecule has 6 N–H and O–H groups in total. The topological polar surface area (TPSA) is 123 Å². The molecule has 0 radical (unpaired) electrons. The van der Waals surface area contributed by atoms with Gasteiger partial charge in [-0.1, -0.05) is 0 Å². The van der Waals surface area contributed by atoms with Gasteiger partial charge in [-0.25, -0.2) is 14.6 Å². The van der Waals surface area contributed by atoms with Crippen LogP contribution < -0.4 is 22.1 Å². The zero-order valence-corrected chi connectivity index (χ0v) is 7.15. The molecule has 0 spiro atoms. The molecule has 0 bridgehead atoms. The van der Waals surface area contributed by atoms with Crippen LogP contribution in [-0.2, 0) is 0 Å². The Hall–Kier alpha value is -2.31. The van der Waals surface area contributed by atoms with Gasteiger partial charge in [0.05, 0.1) is 11.9 Å². The third-order valence-corrected chi connectivity index (χ3v) is 1.28. The maximum absolute atomic E-state index is 10.4. The van der Waals surface area contributed by atoms with Gasteiger partial charge in [-0.15, -0.1) is 0 Å². The molecular formula is C7H9N5O2. The summed E-state index contributed by atoms with van der Waals surface area (Å²) in [6, 6.07) is 1.63. The zero-order valence-electron chi connectivity index (χ0n) is 7.15. The number of rotatable bonds is 2. The first kappa shape index (κ1) is 9.78. The maximum Gasteiger partial charge on any atom is 0.317 e. The van der Waals surface area contributed by atoms with Crippen molar-refractivity contribution in [1.82, 2.24) is 4.98 Å². The third-order valence-electron chi connectivity index (χ3n) is 1.28. The Labute approximate surface area is 79.5 Å². The third kappa shape index (κ3) is 2.97. The number of primary amides is 2. The Balaban J connectivity index is 2.68. The summed E-state index contributed by atoms with van der Waals surface area (Å²) in [5, 5.41) is 4.59.